The average molecular weight is 281 g/mol. The van der Waals surface area contributed by atoms with Gasteiger partial charge >= 0.3 is 5.63 Å². The van der Waals surface area contributed by atoms with Crippen LogP contribution in [0.3, 0.4) is 0 Å². The Kier molecular flexibility index (Phi) is 3.10. The van der Waals surface area contributed by atoms with E-state index in [2.05, 4.69) is 15.9 Å². The molecule has 0 amide bonds. The van der Waals surface area contributed by atoms with Crippen LogP contribution in [0.2, 0.25) is 0 Å². The second kappa shape index (κ2) is 4.53. The third-order valence-corrected chi connectivity index (χ3v) is 2.60. The Balaban J connectivity index is 2.50. The molecule has 1 aromatic heterocycles. The highest BCUT2D eigenvalue weighted by Crippen LogP contribution is 2.21. The van der Waals surface area contributed by atoms with Gasteiger partial charge in [-0.25, -0.2) is 4.79 Å². The predicted octanol–water partition coefficient (Wildman–Crippen LogP) is 3.08. The van der Waals surface area contributed by atoms with Gasteiger partial charge in [0, 0.05) is 0 Å². The van der Waals surface area contributed by atoms with Gasteiger partial charge in [-0.1, -0.05) is 12.1 Å². The van der Waals surface area contributed by atoms with Crippen molar-refractivity contribution in [1.29, 1.82) is 0 Å². The van der Waals surface area contributed by atoms with Crippen molar-refractivity contribution < 1.29 is 9.15 Å². The van der Waals surface area contributed by atoms with Crippen molar-refractivity contribution in [1.82, 2.24) is 0 Å². The lowest BCUT2D eigenvalue weighted by Crippen LogP contribution is -2.01. The molecule has 0 atom stereocenters. The third-order valence-electron chi connectivity index (χ3n) is 2.18. The highest BCUT2D eigenvalue weighted by molar-refractivity contribution is 9.10. The first-order valence-electron chi connectivity index (χ1n) is 4.63. The maximum atomic E-state index is 11.5. The minimum Gasteiger partial charge on any atom is -0.497 e. The van der Waals surface area contributed by atoms with E-state index in [1.54, 1.807) is 25.3 Å². The standard InChI is InChI=1S/C12H9BrO3/c1-15-10-4-2-8(3-5-10)11-6-9(13)7-16-12(11)14/h2-7H,1H3. The van der Waals surface area contributed by atoms with Crippen LogP contribution in [0.4, 0.5) is 0 Å². The lowest BCUT2D eigenvalue weighted by Gasteiger charge is -2.02. The Morgan fingerprint density at radius 1 is 1.25 bits per heavy atom. The maximum Gasteiger partial charge on any atom is 0.343 e. The van der Waals surface area contributed by atoms with Gasteiger partial charge in [-0.05, 0) is 39.7 Å². The van der Waals surface area contributed by atoms with E-state index >= 15 is 0 Å². The molecule has 16 heavy (non-hydrogen) atoms. The van der Waals surface area contributed by atoms with Crippen LogP contribution in [0, 0.1) is 0 Å². The van der Waals surface area contributed by atoms with E-state index in [4.69, 9.17) is 9.15 Å². The van der Waals surface area contributed by atoms with Crippen LogP contribution in [0.1, 0.15) is 0 Å². The Bertz CT molecular complexity index is 543. The molecular formula is C12H9BrO3. The van der Waals surface area contributed by atoms with Crippen LogP contribution in [0.25, 0.3) is 11.1 Å². The fourth-order valence-corrected chi connectivity index (χ4v) is 1.70. The molecule has 0 bridgehead atoms. The summed E-state index contributed by atoms with van der Waals surface area (Å²) in [5.74, 6) is 0.753. The Morgan fingerprint density at radius 3 is 2.56 bits per heavy atom. The zero-order valence-corrected chi connectivity index (χ0v) is 10.2. The summed E-state index contributed by atoms with van der Waals surface area (Å²) < 4.78 is 10.6. The zero-order valence-electron chi connectivity index (χ0n) is 8.57. The minimum atomic E-state index is -0.353. The van der Waals surface area contributed by atoms with E-state index in [9.17, 15) is 4.79 Å². The van der Waals surface area contributed by atoms with Crippen LogP contribution in [-0.2, 0) is 0 Å². The van der Waals surface area contributed by atoms with E-state index < -0.39 is 0 Å². The molecule has 2 aromatic rings. The van der Waals surface area contributed by atoms with E-state index in [0.717, 1.165) is 15.8 Å². The fraction of sp³-hybridized carbons (Fsp3) is 0.0833. The molecule has 0 N–H and O–H groups in total. The van der Waals surface area contributed by atoms with E-state index in [1.165, 1.54) is 6.26 Å². The summed E-state index contributed by atoms with van der Waals surface area (Å²) in [6.45, 7) is 0. The van der Waals surface area contributed by atoms with Crippen molar-refractivity contribution in [2.75, 3.05) is 7.11 Å². The van der Waals surface area contributed by atoms with E-state index in [0.29, 0.717) is 5.56 Å². The van der Waals surface area contributed by atoms with Crippen LogP contribution < -0.4 is 10.4 Å². The third kappa shape index (κ3) is 2.17. The summed E-state index contributed by atoms with van der Waals surface area (Å²) in [7, 11) is 1.60. The molecule has 3 nitrogen and oxygen atoms in total. The molecule has 2 rings (SSSR count). The number of hydrogen-bond acceptors (Lipinski definition) is 3. The van der Waals surface area contributed by atoms with Gasteiger partial charge < -0.3 is 9.15 Å². The first-order valence-corrected chi connectivity index (χ1v) is 5.43. The number of hydrogen-bond donors (Lipinski definition) is 0. The first-order chi connectivity index (χ1) is 7.70. The van der Waals surface area contributed by atoms with Gasteiger partial charge in [0.1, 0.15) is 12.0 Å². The smallest absolute Gasteiger partial charge is 0.343 e. The average Bonchev–Trinajstić information content (AvgIpc) is 2.32. The van der Waals surface area contributed by atoms with Gasteiger partial charge in [0.2, 0.25) is 0 Å². The van der Waals surface area contributed by atoms with Crippen molar-refractivity contribution in [2.24, 2.45) is 0 Å². The number of halogens is 1. The second-order valence-electron chi connectivity index (χ2n) is 3.19. The van der Waals surface area contributed by atoms with Crippen molar-refractivity contribution in [2.45, 2.75) is 0 Å². The Morgan fingerprint density at radius 2 is 1.94 bits per heavy atom. The summed E-state index contributed by atoms with van der Waals surface area (Å²) in [5.41, 5.74) is 0.973. The van der Waals surface area contributed by atoms with Crippen molar-refractivity contribution in [3.05, 3.63) is 51.5 Å². The highest BCUT2D eigenvalue weighted by atomic mass is 79.9. The summed E-state index contributed by atoms with van der Waals surface area (Å²) >= 11 is 3.26. The molecule has 0 saturated heterocycles. The zero-order chi connectivity index (χ0) is 11.5. The van der Waals surface area contributed by atoms with Crippen LogP contribution in [-0.4, -0.2) is 7.11 Å². The normalized spacial score (nSPS) is 10.1. The summed E-state index contributed by atoms with van der Waals surface area (Å²) in [4.78, 5) is 11.5. The molecule has 0 radical (unpaired) electrons. The summed E-state index contributed by atoms with van der Waals surface area (Å²) in [6, 6.07) is 8.97. The molecular weight excluding hydrogens is 272 g/mol. The van der Waals surface area contributed by atoms with E-state index in [1.807, 2.05) is 12.1 Å². The molecule has 0 spiro atoms. The predicted molar refractivity (Wildman–Crippen MR) is 64.7 cm³/mol. The van der Waals surface area contributed by atoms with Crippen molar-refractivity contribution in [3.63, 3.8) is 0 Å². The number of benzene rings is 1. The molecule has 4 heteroatoms. The largest absolute Gasteiger partial charge is 0.497 e. The number of rotatable bonds is 2. The molecule has 1 aromatic carbocycles. The second-order valence-corrected chi connectivity index (χ2v) is 4.11. The van der Waals surface area contributed by atoms with Crippen molar-refractivity contribution in [3.8, 4) is 16.9 Å². The molecule has 0 unspecified atom stereocenters. The molecule has 1 heterocycles. The van der Waals surface area contributed by atoms with Crippen LogP contribution >= 0.6 is 15.9 Å². The fourth-order valence-electron chi connectivity index (χ4n) is 1.38. The maximum absolute atomic E-state index is 11.5. The lowest BCUT2D eigenvalue weighted by atomic mass is 10.1. The molecule has 0 saturated carbocycles. The van der Waals surface area contributed by atoms with Gasteiger partial charge in [-0.2, -0.15) is 0 Å². The number of methoxy groups -OCH3 is 1. The van der Waals surface area contributed by atoms with Crippen molar-refractivity contribution >= 4 is 15.9 Å². The van der Waals surface area contributed by atoms with Gasteiger partial charge in [0.15, 0.2) is 0 Å². The quantitative estimate of drug-likeness (QED) is 0.849. The van der Waals surface area contributed by atoms with Crippen LogP contribution in [0.5, 0.6) is 5.75 Å². The first kappa shape index (κ1) is 11.0. The summed E-state index contributed by atoms with van der Waals surface area (Å²) in [6.07, 6.45) is 1.37. The SMILES string of the molecule is COc1ccc(-c2cc(Br)coc2=O)cc1. The molecule has 0 fully saturated rings. The van der Waals surface area contributed by atoms with Gasteiger partial charge in [0.05, 0.1) is 17.1 Å². The lowest BCUT2D eigenvalue weighted by molar-refractivity contribution is 0.415. The highest BCUT2D eigenvalue weighted by Gasteiger charge is 2.05. The molecule has 0 aliphatic rings. The molecule has 82 valence electrons. The Hall–Kier alpha value is -1.55. The summed E-state index contributed by atoms with van der Waals surface area (Å²) in [5, 5.41) is 0. The number of ether oxygens (including phenoxy) is 1. The monoisotopic (exact) mass is 280 g/mol. The van der Waals surface area contributed by atoms with Crippen LogP contribution in [0.15, 0.2) is 50.3 Å². The minimum absolute atomic E-state index is 0.353. The van der Waals surface area contributed by atoms with E-state index in [-0.39, 0.29) is 5.63 Å². The van der Waals surface area contributed by atoms with Gasteiger partial charge in [-0.15, -0.1) is 0 Å². The molecule has 0 aliphatic carbocycles. The topological polar surface area (TPSA) is 39.4 Å². The van der Waals surface area contributed by atoms with Gasteiger partial charge in [0.25, 0.3) is 0 Å². The molecule has 0 aliphatic heterocycles. The van der Waals surface area contributed by atoms with Gasteiger partial charge in [-0.3, -0.25) is 0 Å². The Labute approximate surface area is 101 Å².